The number of carbonyl (C=O) groups is 1. The third kappa shape index (κ3) is 2.36. The molecule has 6 heteroatoms. The Balaban J connectivity index is 1.50. The fourth-order valence-corrected chi connectivity index (χ4v) is 4.44. The minimum atomic E-state index is -0.562. The van der Waals surface area contributed by atoms with Crippen LogP contribution in [0.4, 0.5) is 14.9 Å². The van der Waals surface area contributed by atoms with E-state index in [-0.39, 0.29) is 6.61 Å². The molecule has 1 aromatic rings. The molecule has 0 radical (unpaired) electrons. The Kier molecular flexibility index (Phi) is 3.70. The van der Waals surface area contributed by atoms with Gasteiger partial charge >= 0.3 is 6.09 Å². The predicted molar refractivity (Wildman–Crippen MR) is 89.8 cm³/mol. The zero-order valence-electron chi connectivity index (χ0n) is 13.8. The van der Waals surface area contributed by atoms with Gasteiger partial charge in [0, 0.05) is 22.9 Å². The zero-order valence-corrected chi connectivity index (χ0v) is 13.8. The SMILES string of the molecule is CCC12CCC1C(Nc1ccc(C3=NNC(=O)OC3)cc1CF)C2. The maximum atomic E-state index is 13.5. The molecule has 2 fully saturated rings. The molecule has 1 amide bonds. The van der Waals surface area contributed by atoms with Gasteiger partial charge in [-0.3, -0.25) is 0 Å². The van der Waals surface area contributed by atoms with Crippen molar-refractivity contribution in [1.82, 2.24) is 5.43 Å². The largest absolute Gasteiger partial charge is 0.442 e. The Morgan fingerprint density at radius 1 is 1.50 bits per heavy atom. The normalized spacial score (nSPS) is 30.9. The molecule has 0 aromatic heterocycles. The summed E-state index contributed by atoms with van der Waals surface area (Å²) >= 11 is 0. The van der Waals surface area contributed by atoms with Crippen molar-refractivity contribution in [2.45, 2.75) is 45.3 Å². The number of halogens is 1. The monoisotopic (exact) mass is 331 g/mol. The Labute approximate surface area is 140 Å². The summed E-state index contributed by atoms with van der Waals surface area (Å²) < 4.78 is 18.4. The van der Waals surface area contributed by atoms with E-state index in [0.29, 0.717) is 22.7 Å². The van der Waals surface area contributed by atoms with Crippen molar-refractivity contribution < 1.29 is 13.9 Å². The molecule has 2 saturated carbocycles. The van der Waals surface area contributed by atoms with Crippen LogP contribution in [0.3, 0.4) is 0 Å². The number of alkyl halides is 1. The number of nitrogens with zero attached hydrogens (tertiary/aromatic N) is 1. The first-order chi connectivity index (χ1) is 11.6. The summed E-state index contributed by atoms with van der Waals surface area (Å²) in [6.07, 6.45) is 4.49. The molecule has 0 saturated heterocycles. The van der Waals surface area contributed by atoms with Crippen LogP contribution in [0.5, 0.6) is 0 Å². The van der Waals surface area contributed by atoms with E-state index in [2.05, 4.69) is 22.8 Å². The van der Waals surface area contributed by atoms with Crippen molar-refractivity contribution in [1.29, 1.82) is 0 Å². The third-order valence-electron chi connectivity index (χ3n) is 6.10. The molecule has 3 atom stereocenters. The van der Waals surface area contributed by atoms with E-state index in [1.807, 2.05) is 12.1 Å². The fraction of sp³-hybridized carbons (Fsp3) is 0.556. The molecule has 0 bridgehead atoms. The molecule has 1 heterocycles. The Morgan fingerprint density at radius 2 is 2.38 bits per heavy atom. The molecule has 1 aliphatic heterocycles. The lowest BCUT2D eigenvalue weighted by Crippen LogP contribution is -2.61. The summed E-state index contributed by atoms with van der Waals surface area (Å²) in [5, 5.41) is 7.52. The second kappa shape index (κ2) is 5.76. The third-order valence-corrected chi connectivity index (χ3v) is 6.10. The number of amides is 1. The topological polar surface area (TPSA) is 62.7 Å². The van der Waals surface area contributed by atoms with Gasteiger partial charge in [-0.1, -0.05) is 19.4 Å². The standard InChI is InChI=1S/C18H22FN3O2/c1-2-18-6-5-13(18)15(8-18)20-14-4-3-11(7-12(14)9-19)16-10-24-17(23)22-21-16/h3-4,7,13,15,20H,2,5-6,8-10H2,1H3,(H,22,23). The van der Waals surface area contributed by atoms with Gasteiger partial charge in [-0.25, -0.2) is 14.6 Å². The van der Waals surface area contributed by atoms with Gasteiger partial charge in [0.2, 0.25) is 0 Å². The molecular weight excluding hydrogens is 309 g/mol. The summed E-state index contributed by atoms with van der Waals surface area (Å²) in [6, 6.07) is 6.06. The van der Waals surface area contributed by atoms with Crippen LogP contribution in [0.15, 0.2) is 23.3 Å². The number of hydrazone groups is 1. The van der Waals surface area contributed by atoms with Gasteiger partial charge in [-0.15, -0.1) is 0 Å². The lowest BCUT2D eigenvalue weighted by molar-refractivity contribution is -0.0895. The average Bonchev–Trinajstić information content (AvgIpc) is 2.59. The molecule has 3 aliphatic rings. The first kappa shape index (κ1) is 15.4. The summed E-state index contributed by atoms with van der Waals surface area (Å²) in [6.45, 7) is 1.84. The van der Waals surface area contributed by atoms with Gasteiger partial charge in [0.05, 0.1) is 0 Å². The first-order valence-corrected chi connectivity index (χ1v) is 8.60. The highest BCUT2D eigenvalue weighted by Gasteiger charge is 2.58. The van der Waals surface area contributed by atoms with E-state index in [9.17, 15) is 9.18 Å². The first-order valence-electron chi connectivity index (χ1n) is 8.60. The van der Waals surface area contributed by atoms with Crippen molar-refractivity contribution in [2.75, 3.05) is 11.9 Å². The second-order valence-corrected chi connectivity index (χ2v) is 7.07. The van der Waals surface area contributed by atoms with Crippen molar-refractivity contribution >= 4 is 17.5 Å². The lowest BCUT2D eigenvalue weighted by Gasteiger charge is -2.63. The number of nitrogens with one attached hydrogen (secondary N) is 2. The number of rotatable bonds is 5. The minimum Gasteiger partial charge on any atom is -0.442 e. The molecule has 24 heavy (non-hydrogen) atoms. The van der Waals surface area contributed by atoms with Crippen LogP contribution in [0, 0.1) is 11.3 Å². The Bertz CT molecular complexity index is 702. The van der Waals surface area contributed by atoms with E-state index in [1.165, 1.54) is 25.7 Å². The van der Waals surface area contributed by atoms with E-state index in [1.54, 1.807) is 6.07 Å². The predicted octanol–water partition coefficient (Wildman–Crippen LogP) is 3.59. The van der Waals surface area contributed by atoms with Crippen LogP contribution < -0.4 is 10.7 Å². The maximum Gasteiger partial charge on any atom is 0.428 e. The molecule has 5 nitrogen and oxygen atoms in total. The second-order valence-electron chi connectivity index (χ2n) is 7.07. The van der Waals surface area contributed by atoms with Gasteiger partial charge in [0.25, 0.3) is 0 Å². The number of anilines is 1. The summed E-state index contributed by atoms with van der Waals surface area (Å²) in [7, 11) is 0. The van der Waals surface area contributed by atoms with E-state index >= 15 is 0 Å². The minimum absolute atomic E-state index is 0.105. The fourth-order valence-electron chi connectivity index (χ4n) is 4.44. The number of ether oxygens (including phenoxy) is 1. The summed E-state index contributed by atoms with van der Waals surface area (Å²) in [4.78, 5) is 11.0. The van der Waals surface area contributed by atoms with Gasteiger partial charge in [0.15, 0.2) is 0 Å². The highest BCUT2D eigenvalue weighted by Crippen LogP contribution is 2.63. The van der Waals surface area contributed by atoms with Gasteiger partial charge in [-0.05, 0) is 42.7 Å². The van der Waals surface area contributed by atoms with Crippen LogP contribution in [0.2, 0.25) is 0 Å². The van der Waals surface area contributed by atoms with E-state index in [0.717, 1.165) is 17.2 Å². The number of fused-ring (bicyclic) bond motifs is 1. The lowest BCUT2D eigenvalue weighted by atomic mass is 9.44. The van der Waals surface area contributed by atoms with Crippen molar-refractivity contribution in [3.8, 4) is 0 Å². The number of hydrogen-bond acceptors (Lipinski definition) is 4. The Morgan fingerprint density at radius 3 is 2.96 bits per heavy atom. The number of hydrogen-bond donors (Lipinski definition) is 2. The maximum absolute atomic E-state index is 13.5. The molecule has 1 aromatic carbocycles. The van der Waals surface area contributed by atoms with Crippen LogP contribution >= 0.6 is 0 Å². The van der Waals surface area contributed by atoms with Gasteiger partial charge < -0.3 is 10.1 Å². The van der Waals surface area contributed by atoms with Crippen LogP contribution in [-0.4, -0.2) is 24.5 Å². The van der Waals surface area contributed by atoms with Crippen molar-refractivity contribution in [2.24, 2.45) is 16.4 Å². The number of cyclic esters (lactones) is 1. The highest BCUT2D eigenvalue weighted by molar-refractivity contribution is 6.04. The van der Waals surface area contributed by atoms with Crippen LogP contribution in [0.1, 0.15) is 43.7 Å². The molecule has 0 spiro atoms. The van der Waals surface area contributed by atoms with Crippen molar-refractivity contribution in [3.63, 3.8) is 0 Å². The van der Waals surface area contributed by atoms with Gasteiger partial charge in [-0.2, -0.15) is 5.10 Å². The number of benzene rings is 1. The van der Waals surface area contributed by atoms with E-state index in [4.69, 9.17) is 4.74 Å². The molecule has 2 N–H and O–H groups in total. The average molecular weight is 331 g/mol. The Hall–Kier alpha value is -2.11. The summed E-state index contributed by atoms with van der Waals surface area (Å²) in [5.74, 6) is 0.737. The quantitative estimate of drug-likeness (QED) is 0.867. The molecule has 3 unspecified atom stereocenters. The zero-order chi connectivity index (χ0) is 16.7. The van der Waals surface area contributed by atoms with Crippen molar-refractivity contribution in [3.05, 3.63) is 29.3 Å². The summed E-state index contributed by atoms with van der Waals surface area (Å²) in [5.41, 5.74) is 5.70. The highest BCUT2D eigenvalue weighted by atomic mass is 19.1. The molecule has 128 valence electrons. The van der Waals surface area contributed by atoms with Crippen LogP contribution in [-0.2, 0) is 11.4 Å². The van der Waals surface area contributed by atoms with Crippen LogP contribution in [0.25, 0.3) is 0 Å². The smallest absolute Gasteiger partial charge is 0.428 e. The molecular formula is C18H22FN3O2. The molecule has 2 aliphatic carbocycles. The van der Waals surface area contributed by atoms with Gasteiger partial charge in [0.1, 0.15) is 19.0 Å². The number of carbonyl (C=O) groups excluding carboxylic acids is 1. The molecule has 4 rings (SSSR count). The van der Waals surface area contributed by atoms with E-state index < -0.39 is 12.8 Å².